The molecule has 0 saturated heterocycles. The minimum atomic E-state index is 0.340. The second-order valence-corrected chi connectivity index (χ2v) is 6.72. The van der Waals surface area contributed by atoms with Gasteiger partial charge in [-0.1, -0.05) is 67.4 Å². The number of hydrogen-bond acceptors (Lipinski definition) is 2. The van der Waals surface area contributed by atoms with E-state index in [1.807, 2.05) is 37.3 Å². The van der Waals surface area contributed by atoms with E-state index in [1.54, 1.807) is 0 Å². The second kappa shape index (κ2) is 8.37. The Morgan fingerprint density at radius 2 is 1.80 bits per heavy atom. The third kappa shape index (κ3) is 4.33. The molecule has 0 bridgehead atoms. The van der Waals surface area contributed by atoms with Gasteiger partial charge in [0.05, 0.1) is 6.54 Å². The van der Waals surface area contributed by atoms with Gasteiger partial charge >= 0.3 is 0 Å². The Hall–Kier alpha value is -2.03. The van der Waals surface area contributed by atoms with Gasteiger partial charge in [-0.2, -0.15) is 0 Å². The largest absolute Gasteiger partial charge is 0.460 e. The highest BCUT2D eigenvalue weighted by Gasteiger charge is 2.12. The van der Waals surface area contributed by atoms with Crippen LogP contribution < -0.4 is 5.32 Å². The average Bonchev–Trinajstić information content (AvgIpc) is 3.10. The first-order valence-electron chi connectivity index (χ1n) is 8.81. The Bertz CT molecular complexity index is 810. The molecule has 1 N–H and O–H groups in total. The van der Waals surface area contributed by atoms with Crippen molar-refractivity contribution in [2.45, 2.75) is 39.3 Å². The van der Waals surface area contributed by atoms with Gasteiger partial charge in [0.1, 0.15) is 11.5 Å². The van der Waals surface area contributed by atoms with Crippen molar-refractivity contribution in [1.29, 1.82) is 0 Å². The molecule has 2 aromatic carbocycles. The number of furan rings is 1. The summed E-state index contributed by atoms with van der Waals surface area (Å²) in [6.45, 7) is 4.94. The molecule has 3 aromatic rings. The van der Waals surface area contributed by atoms with Crippen LogP contribution in [0, 0.1) is 6.92 Å². The smallest absolute Gasteiger partial charge is 0.134 e. The summed E-state index contributed by atoms with van der Waals surface area (Å²) < 4.78 is 6.05. The molecule has 1 unspecified atom stereocenters. The van der Waals surface area contributed by atoms with E-state index in [1.165, 1.54) is 5.56 Å². The molecule has 0 fully saturated rings. The van der Waals surface area contributed by atoms with Crippen LogP contribution in [0.2, 0.25) is 5.02 Å². The van der Waals surface area contributed by atoms with Gasteiger partial charge in [0.2, 0.25) is 0 Å². The monoisotopic (exact) mass is 353 g/mol. The zero-order valence-corrected chi connectivity index (χ0v) is 15.5. The lowest BCUT2D eigenvalue weighted by Crippen LogP contribution is -2.20. The second-order valence-electron chi connectivity index (χ2n) is 6.31. The van der Waals surface area contributed by atoms with Crippen LogP contribution in [0.1, 0.15) is 42.7 Å². The first kappa shape index (κ1) is 17.8. The van der Waals surface area contributed by atoms with E-state index in [0.717, 1.165) is 40.5 Å². The molecule has 2 nitrogen and oxygen atoms in total. The Labute approximate surface area is 154 Å². The van der Waals surface area contributed by atoms with Crippen molar-refractivity contribution in [3.63, 3.8) is 0 Å². The van der Waals surface area contributed by atoms with Gasteiger partial charge in [-0.25, -0.2) is 0 Å². The highest BCUT2D eigenvalue weighted by Crippen LogP contribution is 2.30. The quantitative estimate of drug-likeness (QED) is 0.521. The maximum atomic E-state index is 6.22. The summed E-state index contributed by atoms with van der Waals surface area (Å²) in [5.41, 5.74) is 3.42. The van der Waals surface area contributed by atoms with Crippen molar-refractivity contribution < 1.29 is 4.42 Å². The number of benzene rings is 2. The van der Waals surface area contributed by atoms with E-state index in [9.17, 15) is 0 Å². The molecule has 3 rings (SSSR count). The molecule has 1 atom stereocenters. The molecule has 0 aliphatic carbocycles. The van der Waals surface area contributed by atoms with E-state index in [4.69, 9.17) is 16.0 Å². The molecule has 0 aliphatic heterocycles. The lowest BCUT2D eigenvalue weighted by molar-refractivity contribution is 0.438. The standard InChI is InChI=1S/C22H24ClNO/c1-3-8-21(17-9-5-4-6-10-17)24-15-18-13-14-22(25-18)19-11-7-12-20(23)16(19)2/h4-7,9-14,21,24H,3,8,15H2,1-2H3. The maximum absolute atomic E-state index is 6.22. The third-order valence-corrected chi connectivity index (χ3v) is 4.91. The van der Waals surface area contributed by atoms with Crippen LogP contribution in [0.4, 0.5) is 0 Å². The number of hydrogen-bond donors (Lipinski definition) is 1. The van der Waals surface area contributed by atoms with Crippen molar-refractivity contribution >= 4 is 11.6 Å². The fraction of sp³-hybridized carbons (Fsp3) is 0.273. The summed E-state index contributed by atoms with van der Waals surface area (Å²) >= 11 is 6.22. The van der Waals surface area contributed by atoms with Crippen LogP contribution in [0.3, 0.4) is 0 Å². The molecular formula is C22H24ClNO. The van der Waals surface area contributed by atoms with Crippen molar-refractivity contribution in [1.82, 2.24) is 5.32 Å². The molecule has 130 valence electrons. The summed E-state index contributed by atoms with van der Waals surface area (Å²) in [6, 6.07) is 20.9. The highest BCUT2D eigenvalue weighted by atomic mass is 35.5. The zero-order valence-electron chi connectivity index (χ0n) is 14.8. The van der Waals surface area contributed by atoms with Crippen molar-refractivity contribution in [3.05, 3.63) is 82.6 Å². The number of nitrogens with one attached hydrogen (secondary N) is 1. The maximum Gasteiger partial charge on any atom is 0.134 e. The first-order chi connectivity index (χ1) is 12.2. The molecule has 1 heterocycles. The average molecular weight is 354 g/mol. The van der Waals surface area contributed by atoms with Crippen LogP contribution in [0.25, 0.3) is 11.3 Å². The van der Waals surface area contributed by atoms with Crippen LogP contribution in [-0.4, -0.2) is 0 Å². The number of halogens is 1. The zero-order chi connectivity index (χ0) is 17.6. The van der Waals surface area contributed by atoms with Gasteiger partial charge in [-0.3, -0.25) is 0 Å². The van der Waals surface area contributed by atoms with Crippen molar-refractivity contribution in [2.75, 3.05) is 0 Å². The Morgan fingerprint density at radius 3 is 2.56 bits per heavy atom. The van der Waals surface area contributed by atoms with Gasteiger partial charge in [-0.15, -0.1) is 0 Å². The van der Waals surface area contributed by atoms with Crippen LogP contribution >= 0.6 is 11.6 Å². The van der Waals surface area contributed by atoms with Gasteiger partial charge in [0.15, 0.2) is 0 Å². The van der Waals surface area contributed by atoms with Crippen LogP contribution in [0.5, 0.6) is 0 Å². The fourth-order valence-electron chi connectivity index (χ4n) is 3.08. The molecule has 0 aliphatic rings. The van der Waals surface area contributed by atoms with Crippen LogP contribution in [0.15, 0.2) is 65.1 Å². The topological polar surface area (TPSA) is 25.2 Å². The van der Waals surface area contributed by atoms with Gasteiger partial charge < -0.3 is 9.73 Å². The van der Waals surface area contributed by atoms with E-state index in [2.05, 4.69) is 42.6 Å². The minimum absolute atomic E-state index is 0.340. The van der Waals surface area contributed by atoms with Crippen LogP contribution in [-0.2, 0) is 6.54 Å². The molecule has 0 spiro atoms. The first-order valence-corrected chi connectivity index (χ1v) is 9.19. The Balaban J connectivity index is 1.71. The highest BCUT2D eigenvalue weighted by molar-refractivity contribution is 6.31. The van der Waals surface area contributed by atoms with E-state index in [0.29, 0.717) is 12.6 Å². The summed E-state index contributed by atoms with van der Waals surface area (Å²) in [5, 5.41) is 4.39. The van der Waals surface area contributed by atoms with Crippen molar-refractivity contribution in [3.8, 4) is 11.3 Å². The summed E-state index contributed by atoms with van der Waals surface area (Å²) in [5.74, 6) is 1.80. The molecule has 0 radical (unpaired) electrons. The molecular weight excluding hydrogens is 330 g/mol. The summed E-state index contributed by atoms with van der Waals surface area (Å²) in [7, 11) is 0. The Kier molecular flexibility index (Phi) is 5.95. The molecule has 3 heteroatoms. The van der Waals surface area contributed by atoms with E-state index < -0.39 is 0 Å². The van der Waals surface area contributed by atoms with E-state index in [-0.39, 0.29) is 0 Å². The summed E-state index contributed by atoms with van der Waals surface area (Å²) in [4.78, 5) is 0. The van der Waals surface area contributed by atoms with E-state index >= 15 is 0 Å². The molecule has 25 heavy (non-hydrogen) atoms. The number of rotatable bonds is 7. The molecule has 0 amide bonds. The SMILES string of the molecule is CCCC(NCc1ccc(-c2cccc(Cl)c2C)o1)c1ccccc1. The third-order valence-electron chi connectivity index (χ3n) is 4.50. The Morgan fingerprint density at radius 1 is 1.00 bits per heavy atom. The minimum Gasteiger partial charge on any atom is -0.460 e. The van der Waals surface area contributed by atoms with Gasteiger partial charge in [0.25, 0.3) is 0 Å². The predicted octanol–water partition coefficient (Wildman–Crippen LogP) is 6.54. The van der Waals surface area contributed by atoms with Crippen molar-refractivity contribution in [2.24, 2.45) is 0 Å². The lowest BCUT2D eigenvalue weighted by atomic mass is 10.0. The normalized spacial score (nSPS) is 12.3. The van der Waals surface area contributed by atoms with Gasteiger partial charge in [-0.05, 0) is 42.7 Å². The predicted molar refractivity (Wildman–Crippen MR) is 105 cm³/mol. The molecule has 0 saturated carbocycles. The lowest BCUT2D eigenvalue weighted by Gasteiger charge is -2.18. The fourth-order valence-corrected chi connectivity index (χ4v) is 3.25. The summed E-state index contributed by atoms with van der Waals surface area (Å²) in [6.07, 6.45) is 2.24. The van der Waals surface area contributed by atoms with Gasteiger partial charge in [0, 0.05) is 16.6 Å². The molecule has 1 aromatic heterocycles.